The SMILES string of the molecule is CC[C@@H](C)c1nc2ccc(Br)cc2c(=O)n1N=Cc1cccc(OC)c1O[C@H](C)C(=O)O. The Balaban J connectivity index is 2.17. The summed E-state index contributed by atoms with van der Waals surface area (Å²) in [5, 5.41) is 14.1. The fourth-order valence-electron chi connectivity index (χ4n) is 3.05. The molecule has 168 valence electrons. The molecule has 0 aliphatic carbocycles. The van der Waals surface area contributed by atoms with E-state index in [9.17, 15) is 14.7 Å². The van der Waals surface area contributed by atoms with Crippen molar-refractivity contribution in [1.82, 2.24) is 9.66 Å². The third-order valence-corrected chi connectivity index (χ3v) is 5.56. The zero-order valence-electron chi connectivity index (χ0n) is 18.2. The molecule has 1 aromatic heterocycles. The van der Waals surface area contributed by atoms with Gasteiger partial charge in [0.15, 0.2) is 17.6 Å². The zero-order valence-corrected chi connectivity index (χ0v) is 19.8. The molecule has 0 saturated heterocycles. The van der Waals surface area contributed by atoms with Crippen molar-refractivity contribution in [3.05, 3.63) is 62.6 Å². The van der Waals surface area contributed by atoms with E-state index in [4.69, 9.17) is 9.47 Å². The predicted octanol–water partition coefficient (Wildman–Crippen LogP) is 4.42. The summed E-state index contributed by atoms with van der Waals surface area (Å²) in [6.45, 7) is 5.41. The van der Waals surface area contributed by atoms with E-state index in [1.54, 1.807) is 30.3 Å². The molecule has 9 heteroatoms. The lowest BCUT2D eigenvalue weighted by molar-refractivity contribution is -0.144. The normalized spacial score (nSPS) is 13.3. The van der Waals surface area contributed by atoms with Gasteiger partial charge < -0.3 is 14.6 Å². The second kappa shape index (κ2) is 9.95. The summed E-state index contributed by atoms with van der Waals surface area (Å²) in [7, 11) is 1.46. The second-order valence-electron chi connectivity index (χ2n) is 7.28. The molecule has 8 nitrogen and oxygen atoms in total. The first-order chi connectivity index (χ1) is 15.3. The molecule has 0 aliphatic rings. The number of aliphatic carboxylic acids is 1. The van der Waals surface area contributed by atoms with Gasteiger partial charge in [-0.1, -0.05) is 35.8 Å². The van der Waals surface area contributed by atoms with Crippen LogP contribution in [0.15, 0.2) is 50.8 Å². The molecule has 3 rings (SSSR count). The Labute approximate surface area is 193 Å². The molecule has 2 aromatic carbocycles. The van der Waals surface area contributed by atoms with Gasteiger partial charge in [0.2, 0.25) is 0 Å². The standard InChI is InChI=1S/C23H24BrN3O5/c1-5-13(2)21-26-18-10-9-16(24)11-17(18)22(28)27(21)25-12-15-7-6-8-19(31-4)20(15)32-14(3)23(29)30/h6-14H,5H2,1-4H3,(H,29,30)/t13-,14-/m1/s1. The molecular weight excluding hydrogens is 478 g/mol. The van der Waals surface area contributed by atoms with E-state index in [-0.39, 0.29) is 17.2 Å². The molecule has 0 saturated carbocycles. The summed E-state index contributed by atoms with van der Waals surface area (Å²) in [4.78, 5) is 29.2. The van der Waals surface area contributed by atoms with E-state index in [0.717, 1.165) is 10.9 Å². The Kier molecular flexibility index (Phi) is 7.29. The maximum atomic E-state index is 13.3. The van der Waals surface area contributed by atoms with Crippen LogP contribution in [0.2, 0.25) is 0 Å². The fourth-order valence-corrected chi connectivity index (χ4v) is 3.41. The molecular formula is C23H24BrN3O5. The van der Waals surface area contributed by atoms with Gasteiger partial charge in [0.25, 0.3) is 5.56 Å². The van der Waals surface area contributed by atoms with Crippen molar-refractivity contribution in [3.8, 4) is 11.5 Å². The number of halogens is 1. The number of para-hydroxylation sites is 1. The van der Waals surface area contributed by atoms with Crippen LogP contribution in [0.3, 0.4) is 0 Å². The zero-order chi connectivity index (χ0) is 23.4. The number of carboxylic acid groups (broad SMARTS) is 1. The summed E-state index contributed by atoms with van der Waals surface area (Å²) < 4.78 is 13.0. The van der Waals surface area contributed by atoms with Crippen LogP contribution >= 0.6 is 15.9 Å². The van der Waals surface area contributed by atoms with Crippen molar-refractivity contribution < 1.29 is 19.4 Å². The van der Waals surface area contributed by atoms with Crippen molar-refractivity contribution >= 4 is 39.0 Å². The van der Waals surface area contributed by atoms with Gasteiger partial charge in [-0.2, -0.15) is 9.78 Å². The van der Waals surface area contributed by atoms with E-state index >= 15 is 0 Å². The Morgan fingerprint density at radius 2 is 2.06 bits per heavy atom. The fraction of sp³-hybridized carbons (Fsp3) is 0.304. The molecule has 3 aromatic rings. The lowest BCUT2D eigenvalue weighted by atomic mass is 10.1. The quantitative estimate of drug-likeness (QED) is 0.458. The van der Waals surface area contributed by atoms with E-state index in [1.165, 1.54) is 24.9 Å². The van der Waals surface area contributed by atoms with Crippen LogP contribution in [0, 0.1) is 0 Å². The summed E-state index contributed by atoms with van der Waals surface area (Å²) in [5.74, 6) is -0.00688. The van der Waals surface area contributed by atoms with E-state index in [2.05, 4.69) is 26.0 Å². The summed E-state index contributed by atoms with van der Waals surface area (Å²) >= 11 is 3.40. The Hall–Kier alpha value is -3.20. The van der Waals surface area contributed by atoms with Gasteiger partial charge in [0.1, 0.15) is 5.82 Å². The number of aromatic nitrogens is 2. The Morgan fingerprint density at radius 3 is 2.72 bits per heavy atom. The average Bonchev–Trinajstić information content (AvgIpc) is 2.78. The minimum Gasteiger partial charge on any atom is -0.493 e. The number of carbonyl (C=O) groups is 1. The number of carboxylic acids is 1. The average molecular weight is 502 g/mol. The summed E-state index contributed by atoms with van der Waals surface area (Å²) in [5.41, 5.74) is 0.765. The highest BCUT2D eigenvalue weighted by Crippen LogP contribution is 2.31. The lowest BCUT2D eigenvalue weighted by Gasteiger charge is -2.16. The van der Waals surface area contributed by atoms with Gasteiger partial charge >= 0.3 is 5.97 Å². The van der Waals surface area contributed by atoms with E-state index < -0.39 is 12.1 Å². The van der Waals surface area contributed by atoms with Crippen LogP contribution in [0.4, 0.5) is 0 Å². The molecule has 2 atom stereocenters. The van der Waals surface area contributed by atoms with Gasteiger partial charge in [0.05, 0.1) is 24.2 Å². The van der Waals surface area contributed by atoms with Gasteiger partial charge in [-0.25, -0.2) is 9.78 Å². The first kappa shape index (κ1) is 23.5. The summed E-state index contributed by atoms with van der Waals surface area (Å²) in [6, 6.07) is 10.4. The van der Waals surface area contributed by atoms with E-state index in [1.807, 2.05) is 19.9 Å². The number of nitrogens with zero attached hydrogens (tertiary/aromatic N) is 3. The van der Waals surface area contributed by atoms with Crippen LogP contribution in [0.1, 0.15) is 44.5 Å². The topological polar surface area (TPSA) is 103 Å². The van der Waals surface area contributed by atoms with Crippen molar-refractivity contribution in [2.75, 3.05) is 7.11 Å². The maximum Gasteiger partial charge on any atom is 0.344 e. The van der Waals surface area contributed by atoms with Crippen LogP contribution < -0.4 is 15.0 Å². The first-order valence-electron chi connectivity index (χ1n) is 10.1. The molecule has 0 unspecified atom stereocenters. The number of ether oxygens (including phenoxy) is 2. The van der Waals surface area contributed by atoms with Crippen molar-refractivity contribution in [1.29, 1.82) is 0 Å². The van der Waals surface area contributed by atoms with Crippen LogP contribution in [-0.2, 0) is 4.79 Å². The van der Waals surface area contributed by atoms with Crippen molar-refractivity contribution in [2.45, 2.75) is 39.2 Å². The largest absolute Gasteiger partial charge is 0.493 e. The highest BCUT2D eigenvalue weighted by atomic mass is 79.9. The predicted molar refractivity (Wildman–Crippen MR) is 126 cm³/mol. The molecule has 0 aliphatic heterocycles. The van der Waals surface area contributed by atoms with Crippen molar-refractivity contribution in [2.24, 2.45) is 5.10 Å². The van der Waals surface area contributed by atoms with Crippen molar-refractivity contribution in [3.63, 3.8) is 0 Å². The number of rotatable bonds is 8. The monoisotopic (exact) mass is 501 g/mol. The third kappa shape index (κ3) is 4.83. The maximum absolute atomic E-state index is 13.3. The smallest absolute Gasteiger partial charge is 0.344 e. The minimum absolute atomic E-state index is 0.0130. The number of methoxy groups -OCH3 is 1. The minimum atomic E-state index is -1.11. The Morgan fingerprint density at radius 1 is 1.31 bits per heavy atom. The molecule has 1 N–H and O–H groups in total. The molecule has 0 radical (unpaired) electrons. The molecule has 0 bridgehead atoms. The number of hydrogen-bond donors (Lipinski definition) is 1. The van der Waals surface area contributed by atoms with Crippen LogP contribution in [0.25, 0.3) is 10.9 Å². The molecule has 0 spiro atoms. The second-order valence-corrected chi connectivity index (χ2v) is 8.19. The number of benzene rings is 2. The molecule has 32 heavy (non-hydrogen) atoms. The lowest BCUT2D eigenvalue weighted by Crippen LogP contribution is -2.24. The van der Waals surface area contributed by atoms with Gasteiger partial charge in [-0.15, -0.1) is 0 Å². The summed E-state index contributed by atoms with van der Waals surface area (Å²) in [6.07, 6.45) is 1.12. The molecule has 1 heterocycles. The van der Waals surface area contributed by atoms with Crippen LogP contribution in [-0.4, -0.2) is 40.2 Å². The Bertz CT molecular complexity index is 1240. The van der Waals surface area contributed by atoms with Gasteiger partial charge in [-0.3, -0.25) is 4.79 Å². The van der Waals surface area contributed by atoms with Gasteiger partial charge in [-0.05, 0) is 43.7 Å². The third-order valence-electron chi connectivity index (χ3n) is 5.07. The molecule has 0 fully saturated rings. The molecule has 0 amide bonds. The number of hydrogen-bond acceptors (Lipinski definition) is 6. The highest BCUT2D eigenvalue weighted by molar-refractivity contribution is 9.10. The first-order valence-corrected chi connectivity index (χ1v) is 10.9. The van der Waals surface area contributed by atoms with Gasteiger partial charge in [0, 0.05) is 16.0 Å². The van der Waals surface area contributed by atoms with Crippen LogP contribution in [0.5, 0.6) is 11.5 Å². The number of fused-ring (bicyclic) bond motifs is 1. The van der Waals surface area contributed by atoms with E-state index in [0.29, 0.717) is 28.0 Å². The highest BCUT2D eigenvalue weighted by Gasteiger charge is 2.19.